The van der Waals surface area contributed by atoms with Crippen LogP contribution in [0.4, 0.5) is 13.2 Å². The minimum atomic E-state index is -4.94. The van der Waals surface area contributed by atoms with E-state index in [1.807, 2.05) is 0 Å². The first-order valence-electron chi connectivity index (χ1n) is 5.11. The third kappa shape index (κ3) is 5.01. The third-order valence-electron chi connectivity index (χ3n) is 2.02. The number of carbonyl (C=O) groups excluding carboxylic acids is 1. The molecule has 0 spiro atoms. The second-order valence-corrected chi connectivity index (χ2v) is 3.50. The molecule has 1 aromatic carbocycles. The Kier molecular flexibility index (Phi) is 4.73. The lowest BCUT2D eigenvalue weighted by atomic mass is 10.1. The van der Waals surface area contributed by atoms with E-state index >= 15 is 0 Å². The number of benzene rings is 1. The molecule has 0 saturated heterocycles. The van der Waals surface area contributed by atoms with Gasteiger partial charge in [-0.05, 0) is 29.8 Å². The lowest BCUT2D eigenvalue weighted by molar-refractivity contribution is -0.274. The van der Waals surface area contributed by atoms with Gasteiger partial charge < -0.3 is 14.6 Å². The van der Waals surface area contributed by atoms with Gasteiger partial charge in [-0.3, -0.25) is 0 Å². The molecule has 0 aliphatic rings. The van der Waals surface area contributed by atoms with E-state index in [1.54, 1.807) is 0 Å². The van der Waals surface area contributed by atoms with Gasteiger partial charge in [0.15, 0.2) is 0 Å². The molecule has 0 fully saturated rings. The first kappa shape index (κ1) is 15.5. The Morgan fingerprint density at radius 3 is 2.40 bits per heavy atom. The highest BCUT2D eigenvalue weighted by Crippen LogP contribution is 2.25. The van der Waals surface area contributed by atoms with E-state index in [0.717, 1.165) is 37.5 Å². The number of hydrogen-bond acceptors (Lipinski definition) is 4. The summed E-state index contributed by atoms with van der Waals surface area (Å²) in [6, 6.07) is 2.76. The molecule has 1 aromatic rings. The van der Waals surface area contributed by atoms with Crippen LogP contribution in [0, 0.1) is 0 Å². The second kappa shape index (κ2) is 6.09. The quantitative estimate of drug-likeness (QED) is 0.681. The average molecular weight is 290 g/mol. The fraction of sp³-hybridized carbons (Fsp3) is 0.167. The maximum absolute atomic E-state index is 12.1. The van der Waals surface area contributed by atoms with Gasteiger partial charge in [0.25, 0.3) is 0 Å². The van der Waals surface area contributed by atoms with Gasteiger partial charge >= 0.3 is 18.3 Å². The number of halogens is 3. The normalized spacial score (nSPS) is 11.4. The Bertz CT molecular complexity index is 549. The lowest BCUT2D eigenvalue weighted by Crippen LogP contribution is -2.17. The number of methoxy groups -OCH3 is 1. The summed E-state index contributed by atoms with van der Waals surface area (Å²) in [6.07, 6.45) is -2.89. The molecule has 0 heterocycles. The number of carboxylic acid groups (broad SMARTS) is 1. The van der Waals surface area contributed by atoms with E-state index in [1.165, 1.54) is 0 Å². The van der Waals surface area contributed by atoms with Crippen LogP contribution in [0.2, 0.25) is 0 Å². The van der Waals surface area contributed by atoms with E-state index < -0.39 is 29.6 Å². The maximum Gasteiger partial charge on any atom is 0.573 e. The molecule has 1 N–H and O–H groups in total. The van der Waals surface area contributed by atoms with Gasteiger partial charge in [0, 0.05) is 6.08 Å². The van der Waals surface area contributed by atoms with Crippen LogP contribution in [0.3, 0.4) is 0 Å². The average Bonchev–Trinajstić information content (AvgIpc) is 2.33. The van der Waals surface area contributed by atoms with E-state index in [4.69, 9.17) is 5.11 Å². The predicted octanol–water partition coefficient (Wildman–Crippen LogP) is 2.47. The Morgan fingerprint density at radius 2 is 1.90 bits per heavy atom. The first-order chi connectivity index (χ1) is 9.21. The molecule has 0 bridgehead atoms. The van der Waals surface area contributed by atoms with Gasteiger partial charge in [0.1, 0.15) is 5.75 Å². The summed E-state index contributed by atoms with van der Waals surface area (Å²) in [4.78, 5) is 21.7. The second-order valence-electron chi connectivity index (χ2n) is 3.50. The third-order valence-corrected chi connectivity index (χ3v) is 2.02. The van der Waals surface area contributed by atoms with E-state index in [2.05, 4.69) is 9.47 Å². The van der Waals surface area contributed by atoms with Crippen molar-refractivity contribution >= 4 is 18.0 Å². The number of carbonyl (C=O) groups is 2. The molecule has 0 radical (unpaired) electrons. The van der Waals surface area contributed by atoms with Crippen molar-refractivity contribution in [3.63, 3.8) is 0 Å². The van der Waals surface area contributed by atoms with Crippen molar-refractivity contribution in [2.75, 3.05) is 7.11 Å². The van der Waals surface area contributed by atoms with E-state index in [0.29, 0.717) is 0 Å². The topological polar surface area (TPSA) is 72.8 Å². The Labute approximate surface area is 111 Å². The maximum atomic E-state index is 12.1. The van der Waals surface area contributed by atoms with Crippen molar-refractivity contribution in [3.05, 3.63) is 35.4 Å². The number of hydrogen-bond donors (Lipinski definition) is 1. The summed E-state index contributed by atoms with van der Waals surface area (Å²) in [5, 5.41) is 8.80. The SMILES string of the molecule is COC(=O)C=Cc1cc(OC(F)(F)F)cc(C(=O)O)c1. The molecule has 0 atom stereocenters. The van der Waals surface area contributed by atoms with Gasteiger partial charge in [-0.1, -0.05) is 0 Å². The minimum absolute atomic E-state index is 0.0505. The van der Waals surface area contributed by atoms with Gasteiger partial charge in [-0.2, -0.15) is 0 Å². The van der Waals surface area contributed by atoms with Crippen LogP contribution < -0.4 is 4.74 Å². The molecular weight excluding hydrogens is 281 g/mol. The molecule has 0 amide bonds. The van der Waals surface area contributed by atoms with Crippen molar-refractivity contribution in [2.24, 2.45) is 0 Å². The van der Waals surface area contributed by atoms with Crippen LogP contribution >= 0.6 is 0 Å². The van der Waals surface area contributed by atoms with Crippen LogP contribution in [0.25, 0.3) is 6.08 Å². The van der Waals surface area contributed by atoms with Crippen LogP contribution in [-0.4, -0.2) is 30.5 Å². The van der Waals surface area contributed by atoms with Gasteiger partial charge in [-0.15, -0.1) is 13.2 Å². The predicted molar refractivity (Wildman–Crippen MR) is 61.1 cm³/mol. The van der Waals surface area contributed by atoms with Gasteiger partial charge in [0.05, 0.1) is 12.7 Å². The van der Waals surface area contributed by atoms with Crippen LogP contribution in [-0.2, 0) is 9.53 Å². The summed E-state index contributed by atoms with van der Waals surface area (Å²) < 4.78 is 44.3. The molecule has 20 heavy (non-hydrogen) atoms. The molecule has 0 unspecified atom stereocenters. The number of alkyl halides is 3. The Balaban J connectivity index is 3.14. The van der Waals surface area contributed by atoms with Crippen molar-refractivity contribution in [3.8, 4) is 5.75 Å². The number of carboxylic acids is 1. The molecular formula is C12H9F3O5. The molecule has 1 rings (SSSR count). The molecule has 0 saturated carbocycles. The molecule has 0 aromatic heterocycles. The summed E-state index contributed by atoms with van der Waals surface area (Å²) in [5.41, 5.74) is -0.356. The number of esters is 1. The number of rotatable bonds is 4. The zero-order valence-corrected chi connectivity index (χ0v) is 10.1. The summed E-state index contributed by atoms with van der Waals surface area (Å²) in [6.45, 7) is 0. The minimum Gasteiger partial charge on any atom is -0.478 e. The molecule has 108 valence electrons. The first-order valence-corrected chi connectivity index (χ1v) is 5.11. The summed E-state index contributed by atoms with van der Waals surface area (Å²) >= 11 is 0. The van der Waals surface area contributed by atoms with Crippen molar-refractivity contribution < 1.29 is 37.3 Å². The highest BCUT2D eigenvalue weighted by atomic mass is 19.4. The van der Waals surface area contributed by atoms with Gasteiger partial charge in [-0.25, -0.2) is 9.59 Å². The molecule has 5 nitrogen and oxygen atoms in total. The zero-order chi connectivity index (χ0) is 15.3. The smallest absolute Gasteiger partial charge is 0.478 e. The van der Waals surface area contributed by atoms with Crippen molar-refractivity contribution in [1.82, 2.24) is 0 Å². The zero-order valence-electron chi connectivity index (χ0n) is 10.1. The van der Waals surface area contributed by atoms with Crippen LogP contribution in [0.5, 0.6) is 5.75 Å². The Hall–Kier alpha value is -2.51. The van der Waals surface area contributed by atoms with Crippen molar-refractivity contribution in [2.45, 2.75) is 6.36 Å². The number of ether oxygens (including phenoxy) is 2. The largest absolute Gasteiger partial charge is 0.573 e. The standard InChI is InChI=1S/C12H9F3O5/c1-19-10(16)3-2-7-4-8(11(17)18)6-9(5-7)20-12(13,14)15/h2-6H,1H3,(H,17,18). The highest BCUT2D eigenvalue weighted by molar-refractivity contribution is 5.90. The van der Waals surface area contributed by atoms with Gasteiger partial charge in [0.2, 0.25) is 0 Å². The van der Waals surface area contributed by atoms with Crippen LogP contribution in [0.15, 0.2) is 24.3 Å². The fourth-order valence-electron chi connectivity index (χ4n) is 1.27. The van der Waals surface area contributed by atoms with Crippen molar-refractivity contribution in [1.29, 1.82) is 0 Å². The summed E-state index contributed by atoms with van der Waals surface area (Å²) in [7, 11) is 1.12. The Morgan fingerprint density at radius 1 is 1.25 bits per heavy atom. The number of aromatic carboxylic acids is 1. The van der Waals surface area contributed by atoms with E-state index in [-0.39, 0.29) is 5.56 Å². The lowest BCUT2D eigenvalue weighted by Gasteiger charge is -2.10. The molecule has 8 heteroatoms. The molecule has 0 aliphatic heterocycles. The highest BCUT2D eigenvalue weighted by Gasteiger charge is 2.31. The van der Waals surface area contributed by atoms with E-state index in [9.17, 15) is 22.8 Å². The van der Waals surface area contributed by atoms with Crippen LogP contribution in [0.1, 0.15) is 15.9 Å². The monoisotopic (exact) mass is 290 g/mol. The fourth-order valence-corrected chi connectivity index (χ4v) is 1.27. The summed E-state index contributed by atoms with van der Waals surface area (Å²) in [5.74, 6) is -2.85. The molecule has 0 aliphatic carbocycles.